The zero-order chi connectivity index (χ0) is 28.1. The lowest BCUT2D eigenvalue weighted by atomic mass is 9.92. The topological polar surface area (TPSA) is 156 Å². The molecule has 12 nitrogen and oxygen atoms in total. The average molecular weight is 532 g/mol. The molecule has 0 aliphatic carbocycles. The zero-order valence-corrected chi connectivity index (χ0v) is 21.9. The maximum atomic E-state index is 12.9. The number of amides is 4. The molecule has 5 rings (SSSR count). The maximum Gasteiger partial charge on any atom is 0.330 e. The van der Waals surface area contributed by atoms with Gasteiger partial charge in [-0.3, -0.25) is 14.9 Å². The molecule has 4 aromatic rings. The molecule has 1 saturated heterocycles. The maximum absolute atomic E-state index is 12.9. The number of aliphatic hydroxyl groups is 2. The monoisotopic (exact) mass is 531 g/mol. The van der Waals surface area contributed by atoms with Gasteiger partial charge < -0.3 is 20.5 Å². The van der Waals surface area contributed by atoms with Crippen molar-refractivity contribution in [1.29, 1.82) is 0 Å². The van der Waals surface area contributed by atoms with E-state index in [9.17, 15) is 24.6 Å². The lowest BCUT2D eigenvalue weighted by Gasteiger charge is -2.23. The second-order valence-electron chi connectivity index (χ2n) is 10.5. The molecule has 0 radical (unpaired) electrons. The molecule has 0 unspecified atom stereocenters. The van der Waals surface area contributed by atoms with Crippen LogP contribution in [0.5, 0.6) is 0 Å². The first kappa shape index (κ1) is 25.9. The molecule has 0 saturated carbocycles. The molecule has 5 N–H and O–H groups in total. The van der Waals surface area contributed by atoms with Crippen LogP contribution in [0.2, 0.25) is 0 Å². The van der Waals surface area contributed by atoms with Gasteiger partial charge in [-0.2, -0.15) is 5.10 Å². The number of likely N-dealkylation sites (N-methyl/N-ethyl adjacent to an activating group) is 1. The molecular weight excluding hydrogens is 502 g/mol. The van der Waals surface area contributed by atoms with Crippen LogP contribution in [-0.2, 0) is 21.5 Å². The van der Waals surface area contributed by atoms with Gasteiger partial charge in [0.2, 0.25) is 0 Å². The third kappa shape index (κ3) is 4.82. The fraction of sp³-hybridized carbons (Fsp3) is 0.259. The van der Waals surface area contributed by atoms with Gasteiger partial charge in [-0.25, -0.2) is 19.5 Å². The number of fused-ring (bicyclic) bond motifs is 1. The number of H-pyrrole nitrogens is 1. The Hall–Kier alpha value is -4.68. The third-order valence-corrected chi connectivity index (χ3v) is 6.53. The van der Waals surface area contributed by atoms with Gasteiger partial charge in [0.15, 0.2) is 0 Å². The average Bonchev–Trinajstić information content (AvgIpc) is 3.55. The summed E-state index contributed by atoms with van der Waals surface area (Å²) in [7, 11) is 1.29. The minimum absolute atomic E-state index is 0.0461. The fourth-order valence-electron chi connectivity index (χ4n) is 4.28. The van der Waals surface area contributed by atoms with E-state index >= 15 is 0 Å². The molecule has 0 atom stereocenters. The second-order valence-corrected chi connectivity index (χ2v) is 10.5. The van der Waals surface area contributed by atoms with Crippen LogP contribution in [0.1, 0.15) is 32.0 Å². The summed E-state index contributed by atoms with van der Waals surface area (Å²) in [5.41, 5.74) is 3.37. The number of carbonyl (C=O) groups excluding carboxylic acids is 3. The number of hydrogen-bond acceptors (Lipinski definition) is 6. The summed E-state index contributed by atoms with van der Waals surface area (Å²) in [6.07, 6.45) is 1.83. The van der Waals surface area contributed by atoms with Crippen molar-refractivity contribution in [2.75, 3.05) is 17.7 Å². The molecule has 39 heavy (non-hydrogen) atoms. The number of rotatable bonds is 5. The van der Waals surface area contributed by atoms with E-state index in [-0.39, 0.29) is 12.0 Å². The third-order valence-electron chi connectivity index (χ3n) is 6.53. The minimum Gasteiger partial charge on any atom is -0.361 e. The fourth-order valence-corrected chi connectivity index (χ4v) is 4.28. The molecule has 2 aromatic carbocycles. The lowest BCUT2D eigenvalue weighted by molar-refractivity contribution is -0.186. The van der Waals surface area contributed by atoms with E-state index in [4.69, 9.17) is 5.10 Å². The molecular formula is C27H29N7O5. The SMILES string of the molecule is CN1C(=O)C(O)(O)C(=O)N1Cc1ccc(-n2nc(C(C)(C)C)cc2NC(=O)Nc2ccc3[nH]ccc3c2)cc1. The van der Waals surface area contributed by atoms with Crippen LogP contribution in [0, 0.1) is 0 Å². The Kier molecular flexibility index (Phi) is 6.16. The molecule has 1 aliphatic rings. The quantitative estimate of drug-likeness (QED) is 0.197. The minimum atomic E-state index is -3.07. The van der Waals surface area contributed by atoms with Gasteiger partial charge in [-0.1, -0.05) is 32.9 Å². The summed E-state index contributed by atoms with van der Waals surface area (Å²) in [5, 5.41) is 32.8. The van der Waals surface area contributed by atoms with Gasteiger partial charge in [0, 0.05) is 41.3 Å². The molecule has 0 spiro atoms. The van der Waals surface area contributed by atoms with Crippen LogP contribution in [-0.4, -0.2) is 65.7 Å². The van der Waals surface area contributed by atoms with Crippen molar-refractivity contribution in [2.45, 2.75) is 38.5 Å². The highest BCUT2D eigenvalue weighted by atomic mass is 16.5. The number of anilines is 2. The highest BCUT2D eigenvalue weighted by Gasteiger charge is 2.55. The zero-order valence-electron chi connectivity index (χ0n) is 21.9. The summed E-state index contributed by atoms with van der Waals surface area (Å²) < 4.78 is 1.61. The number of hydrogen-bond donors (Lipinski definition) is 5. The van der Waals surface area contributed by atoms with Crippen LogP contribution < -0.4 is 10.6 Å². The molecule has 2 aromatic heterocycles. The highest BCUT2D eigenvalue weighted by molar-refractivity contribution is 6.10. The van der Waals surface area contributed by atoms with E-state index in [0.717, 1.165) is 26.6 Å². The summed E-state index contributed by atoms with van der Waals surface area (Å²) in [4.78, 5) is 40.2. The molecule has 12 heteroatoms. The highest BCUT2D eigenvalue weighted by Crippen LogP contribution is 2.28. The number of hydrazine groups is 1. The molecule has 4 amide bonds. The molecule has 1 fully saturated rings. The van der Waals surface area contributed by atoms with Crippen molar-refractivity contribution >= 4 is 40.3 Å². The Morgan fingerprint density at radius 3 is 2.36 bits per heavy atom. The van der Waals surface area contributed by atoms with Gasteiger partial charge in [-0.05, 0) is 42.0 Å². The molecule has 202 valence electrons. The number of carbonyl (C=O) groups is 3. The summed E-state index contributed by atoms with van der Waals surface area (Å²) in [6.45, 7) is 6.01. The Morgan fingerprint density at radius 2 is 1.72 bits per heavy atom. The number of benzene rings is 2. The Bertz CT molecular complexity index is 1580. The van der Waals surface area contributed by atoms with Gasteiger partial charge in [0.1, 0.15) is 5.82 Å². The first-order valence-electron chi connectivity index (χ1n) is 12.2. The number of urea groups is 1. The first-order chi connectivity index (χ1) is 18.3. The van der Waals surface area contributed by atoms with Crippen LogP contribution in [0.15, 0.2) is 60.8 Å². The first-order valence-corrected chi connectivity index (χ1v) is 12.2. The number of aromatic amines is 1. The normalized spacial score (nSPS) is 15.3. The number of nitrogens with one attached hydrogen (secondary N) is 3. The molecule has 0 bridgehead atoms. The molecule has 3 heterocycles. The second kappa shape index (κ2) is 9.26. The van der Waals surface area contributed by atoms with Crippen molar-refractivity contribution in [1.82, 2.24) is 24.8 Å². The van der Waals surface area contributed by atoms with Crippen molar-refractivity contribution in [3.05, 3.63) is 72.1 Å². The number of nitrogens with zero attached hydrogens (tertiary/aromatic N) is 4. The standard InChI is InChI=1S/C27H29N7O5/c1-26(2,3)21-14-22(30-25(37)29-18-7-10-20-17(13-18)11-12-28-20)34(31-21)19-8-5-16(6-9-19)15-33-24(36)27(38,39)23(35)32(33)4/h5-14,28,38-39H,15H2,1-4H3,(H2,29,30,37). The Labute approximate surface area is 223 Å². The van der Waals surface area contributed by atoms with Gasteiger partial charge in [0.25, 0.3) is 0 Å². The van der Waals surface area contributed by atoms with E-state index in [2.05, 4.69) is 15.6 Å². The van der Waals surface area contributed by atoms with Crippen LogP contribution in [0.4, 0.5) is 16.3 Å². The Morgan fingerprint density at radius 1 is 1.00 bits per heavy atom. The van der Waals surface area contributed by atoms with Crippen molar-refractivity contribution in [3.63, 3.8) is 0 Å². The Balaban J connectivity index is 1.37. The summed E-state index contributed by atoms with van der Waals surface area (Å²) >= 11 is 0. The summed E-state index contributed by atoms with van der Waals surface area (Å²) in [5.74, 6) is -4.84. The smallest absolute Gasteiger partial charge is 0.330 e. The lowest BCUT2D eigenvalue weighted by Crippen LogP contribution is -2.43. The van der Waals surface area contributed by atoms with E-state index in [1.807, 2.05) is 57.3 Å². The van der Waals surface area contributed by atoms with Crippen molar-refractivity contribution < 1.29 is 24.6 Å². The van der Waals surface area contributed by atoms with Gasteiger partial charge in [0.05, 0.1) is 17.9 Å². The summed E-state index contributed by atoms with van der Waals surface area (Å²) in [6, 6.07) is 15.8. The van der Waals surface area contributed by atoms with Crippen molar-refractivity contribution in [2.24, 2.45) is 0 Å². The predicted octanol–water partition coefficient (Wildman–Crippen LogP) is 2.69. The van der Waals surface area contributed by atoms with E-state index in [1.54, 1.807) is 28.9 Å². The predicted molar refractivity (Wildman–Crippen MR) is 144 cm³/mol. The number of aromatic nitrogens is 3. The van der Waals surface area contributed by atoms with Crippen LogP contribution in [0.25, 0.3) is 16.6 Å². The van der Waals surface area contributed by atoms with E-state index < -0.39 is 23.6 Å². The van der Waals surface area contributed by atoms with E-state index in [1.165, 1.54) is 7.05 Å². The van der Waals surface area contributed by atoms with Gasteiger partial charge in [-0.15, -0.1) is 0 Å². The largest absolute Gasteiger partial charge is 0.361 e. The molecule has 1 aliphatic heterocycles. The van der Waals surface area contributed by atoms with Crippen LogP contribution >= 0.6 is 0 Å². The van der Waals surface area contributed by atoms with Crippen LogP contribution in [0.3, 0.4) is 0 Å². The van der Waals surface area contributed by atoms with Gasteiger partial charge >= 0.3 is 23.6 Å². The van der Waals surface area contributed by atoms with E-state index in [0.29, 0.717) is 22.8 Å². The van der Waals surface area contributed by atoms with Crippen molar-refractivity contribution in [3.8, 4) is 5.69 Å².